The summed E-state index contributed by atoms with van der Waals surface area (Å²) in [4.78, 5) is 10.6. The van der Waals surface area contributed by atoms with Crippen LogP contribution in [0.15, 0.2) is 18.2 Å². The largest absolute Gasteiger partial charge is 0.508 e. The first kappa shape index (κ1) is 11.5. The van der Waals surface area contributed by atoms with E-state index in [1.807, 2.05) is 0 Å². The number of phenolic OH excluding ortho intramolecular Hbond substituents is 1. The van der Waals surface area contributed by atoms with Crippen LogP contribution in [0.1, 0.15) is 25.8 Å². The van der Waals surface area contributed by atoms with Crippen LogP contribution in [0.25, 0.3) is 0 Å². The van der Waals surface area contributed by atoms with E-state index in [1.54, 1.807) is 13.8 Å². The van der Waals surface area contributed by atoms with Crippen molar-refractivity contribution >= 4 is 5.97 Å². The van der Waals surface area contributed by atoms with Gasteiger partial charge in [0.25, 0.3) is 0 Å². The minimum Gasteiger partial charge on any atom is -0.508 e. The van der Waals surface area contributed by atoms with Gasteiger partial charge in [-0.2, -0.15) is 0 Å². The van der Waals surface area contributed by atoms with Crippen molar-refractivity contribution in [2.45, 2.75) is 25.7 Å². The summed E-state index contributed by atoms with van der Waals surface area (Å²) in [5.74, 6) is -1.56. The highest BCUT2D eigenvalue weighted by atomic mass is 19.1. The maximum Gasteiger partial charge on any atom is 0.304 e. The number of rotatable bonds is 3. The molecule has 0 saturated heterocycles. The van der Waals surface area contributed by atoms with Crippen LogP contribution in [0.3, 0.4) is 0 Å². The Labute approximate surface area is 87.2 Å². The summed E-state index contributed by atoms with van der Waals surface area (Å²) in [6.45, 7) is 3.25. The van der Waals surface area contributed by atoms with E-state index in [9.17, 15) is 14.3 Å². The molecule has 0 aliphatic carbocycles. The molecule has 0 atom stereocenters. The average molecular weight is 212 g/mol. The van der Waals surface area contributed by atoms with Crippen LogP contribution in [0.4, 0.5) is 4.39 Å². The molecule has 0 aliphatic rings. The fraction of sp³-hybridized carbons (Fsp3) is 0.364. The van der Waals surface area contributed by atoms with E-state index < -0.39 is 17.2 Å². The molecule has 0 aromatic heterocycles. The number of aromatic hydroxyl groups is 1. The SMILES string of the molecule is CC(C)(CC(=O)O)c1cc(O)ccc1F. The zero-order valence-electron chi connectivity index (χ0n) is 8.62. The molecule has 1 rings (SSSR count). The normalized spacial score (nSPS) is 11.4. The Balaban J connectivity index is 3.13. The number of carboxylic acid groups (broad SMARTS) is 1. The van der Waals surface area contributed by atoms with Crippen LogP contribution in [-0.4, -0.2) is 16.2 Å². The molecule has 1 aromatic rings. The van der Waals surface area contributed by atoms with Gasteiger partial charge in [-0.1, -0.05) is 13.8 Å². The predicted molar refractivity (Wildman–Crippen MR) is 53.3 cm³/mol. The van der Waals surface area contributed by atoms with E-state index in [2.05, 4.69) is 0 Å². The van der Waals surface area contributed by atoms with Gasteiger partial charge in [0.1, 0.15) is 11.6 Å². The lowest BCUT2D eigenvalue weighted by molar-refractivity contribution is -0.138. The highest BCUT2D eigenvalue weighted by molar-refractivity contribution is 5.69. The molecule has 0 unspecified atom stereocenters. The van der Waals surface area contributed by atoms with E-state index in [4.69, 9.17) is 5.11 Å². The quantitative estimate of drug-likeness (QED) is 0.808. The van der Waals surface area contributed by atoms with Gasteiger partial charge in [0.15, 0.2) is 0 Å². The molecule has 0 radical (unpaired) electrons. The Bertz CT molecular complexity index is 385. The maximum atomic E-state index is 13.4. The first-order valence-electron chi connectivity index (χ1n) is 4.54. The van der Waals surface area contributed by atoms with Gasteiger partial charge >= 0.3 is 5.97 Å². The van der Waals surface area contributed by atoms with Crippen molar-refractivity contribution < 1.29 is 19.4 Å². The lowest BCUT2D eigenvalue weighted by atomic mass is 9.81. The Morgan fingerprint density at radius 2 is 2.07 bits per heavy atom. The van der Waals surface area contributed by atoms with Crippen molar-refractivity contribution in [1.82, 2.24) is 0 Å². The summed E-state index contributed by atoms with van der Waals surface area (Å²) in [6, 6.07) is 3.63. The molecule has 0 spiro atoms. The van der Waals surface area contributed by atoms with Gasteiger partial charge in [-0.05, 0) is 23.8 Å². The molecular weight excluding hydrogens is 199 g/mol. The first-order valence-corrected chi connectivity index (χ1v) is 4.54. The van der Waals surface area contributed by atoms with Gasteiger partial charge < -0.3 is 10.2 Å². The lowest BCUT2D eigenvalue weighted by Gasteiger charge is -2.23. The third kappa shape index (κ3) is 2.68. The van der Waals surface area contributed by atoms with E-state index in [1.165, 1.54) is 12.1 Å². The molecule has 0 aliphatic heterocycles. The van der Waals surface area contributed by atoms with E-state index >= 15 is 0 Å². The zero-order valence-corrected chi connectivity index (χ0v) is 8.62. The topological polar surface area (TPSA) is 57.5 Å². The number of aliphatic carboxylic acids is 1. The number of carboxylic acids is 1. The highest BCUT2D eigenvalue weighted by Gasteiger charge is 2.27. The van der Waals surface area contributed by atoms with E-state index in [0.717, 1.165) is 6.07 Å². The molecule has 0 bridgehead atoms. The molecule has 0 heterocycles. The van der Waals surface area contributed by atoms with E-state index in [-0.39, 0.29) is 17.7 Å². The van der Waals surface area contributed by atoms with Gasteiger partial charge in [0, 0.05) is 5.41 Å². The molecule has 15 heavy (non-hydrogen) atoms. The van der Waals surface area contributed by atoms with Crippen LogP contribution in [0.2, 0.25) is 0 Å². The van der Waals surface area contributed by atoms with Gasteiger partial charge in [-0.15, -0.1) is 0 Å². The molecule has 4 heteroatoms. The fourth-order valence-corrected chi connectivity index (χ4v) is 1.51. The lowest BCUT2D eigenvalue weighted by Crippen LogP contribution is -2.23. The Kier molecular flexibility index (Phi) is 2.98. The molecule has 0 amide bonds. The number of hydrogen-bond donors (Lipinski definition) is 2. The molecule has 0 fully saturated rings. The minimum atomic E-state index is -0.997. The summed E-state index contributed by atoms with van der Waals surface area (Å²) in [5.41, 5.74) is -0.626. The second-order valence-corrected chi connectivity index (χ2v) is 4.12. The summed E-state index contributed by atoms with van der Waals surface area (Å²) in [5, 5.41) is 17.9. The maximum absolute atomic E-state index is 13.4. The molecule has 1 aromatic carbocycles. The van der Waals surface area contributed by atoms with Crippen LogP contribution in [0, 0.1) is 5.82 Å². The third-order valence-corrected chi connectivity index (χ3v) is 2.27. The van der Waals surface area contributed by atoms with Gasteiger partial charge in [-0.3, -0.25) is 4.79 Å². The predicted octanol–water partition coefficient (Wildman–Crippen LogP) is 2.28. The molecule has 0 saturated carbocycles. The number of benzene rings is 1. The monoisotopic (exact) mass is 212 g/mol. The molecule has 3 nitrogen and oxygen atoms in total. The van der Waals surface area contributed by atoms with E-state index in [0.29, 0.717) is 0 Å². The summed E-state index contributed by atoms with van der Waals surface area (Å²) >= 11 is 0. The highest BCUT2D eigenvalue weighted by Crippen LogP contribution is 2.31. The second-order valence-electron chi connectivity index (χ2n) is 4.12. The molecule has 82 valence electrons. The standard InChI is InChI=1S/C11H13FO3/c1-11(2,6-10(14)15)8-5-7(13)3-4-9(8)12/h3-5,13H,6H2,1-2H3,(H,14,15). The fourth-order valence-electron chi connectivity index (χ4n) is 1.51. The number of phenols is 1. The molecule has 2 N–H and O–H groups in total. The van der Waals surface area contributed by atoms with Crippen LogP contribution in [0.5, 0.6) is 5.75 Å². The van der Waals surface area contributed by atoms with Crippen molar-refractivity contribution in [3.8, 4) is 5.75 Å². The number of halogens is 1. The van der Waals surface area contributed by atoms with Crippen LogP contribution < -0.4 is 0 Å². The third-order valence-electron chi connectivity index (χ3n) is 2.27. The van der Waals surface area contributed by atoms with Gasteiger partial charge in [0.05, 0.1) is 6.42 Å². The van der Waals surface area contributed by atoms with Gasteiger partial charge in [-0.25, -0.2) is 4.39 Å². The van der Waals surface area contributed by atoms with Crippen LogP contribution in [-0.2, 0) is 10.2 Å². The molecular formula is C11H13FO3. The summed E-state index contributed by atoms with van der Waals surface area (Å²) < 4.78 is 13.4. The van der Waals surface area contributed by atoms with Crippen molar-refractivity contribution in [3.05, 3.63) is 29.6 Å². The number of carbonyl (C=O) groups is 1. The average Bonchev–Trinajstić information content (AvgIpc) is 2.06. The minimum absolute atomic E-state index is 0.0649. The van der Waals surface area contributed by atoms with Crippen LogP contribution >= 0.6 is 0 Å². The Morgan fingerprint density at radius 3 is 2.60 bits per heavy atom. The van der Waals surface area contributed by atoms with Crippen molar-refractivity contribution in [2.24, 2.45) is 0 Å². The van der Waals surface area contributed by atoms with Gasteiger partial charge in [0.2, 0.25) is 0 Å². The Morgan fingerprint density at radius 1 is 1.47 bits per heavy atom. The summed E-state index contributed by atoms with van der Waals surface area (Å²) in [7, 11) is 0. The smallest absolute Gasteiger partial charge is 0.304 e. The number of hydrogen-bond acceptors (Lipinski definition) is 2. The van der Waals surface area contributed by atoms with Crippen molar-refractivity contribution in [1.29, 1.82) is 0 Å². The zero-order chi connectivity index (χ0) is 11.6. The first-order chi connectivity index (χ1) is 6.83. The Hall–Kier alpha value is -1.58. The van der Waals surface area contributed by atoms with Crippen molar-refractivity contribution in [3.63, 3.8) is 0 Å². The second kappa shape index (κ2) is 3.88. The van der Waals surface area contributed by atoms with Crippen molar-refractivity contribution in [2.75, 3.05) is 0 Å². The summed E-state index contributed by atoms with van der Waals surface area (Å²) in [6.07, 6.45) is -0.187.